The Morgan fingerprint density at radius 3 is 2.14 bits per heavy atom. The standard InChI is InChI=1S/C15H10ClF3N2/c16-14(21-20-10-11-4-2-1-3-5-11)12-6-8-13(9-7-12)15(17,18)19/h1-10H/b20-10+,21-14-. The highest BCUT2D eigenvalue weighted by Gasteiger charge is 2.30. The lowest BCUT2D eigenvalue weighted by atomic mass is 10.1. The van der Waals surface area contributed by atoms with Gasteiger partial charge in [-0.3, -0.25) is 0 Å². The van der Waals surface area contributed by atoms with Crippen molar-refractivity contribution in [3.05, 3.63) is 71.3 Å². The third-order valence-electron chi connectivity index (χ3n) is 2.60. The molecule has 0 aliphatic rings. The van der Waals surface area contributed by atoms with Crippen molar-refractivity contribution in [1.82, 2.24) is 0 Å². The molecule has 0 spiro atoms. The van der Waals surface area contributed by atoms with Crippen molar-refractivity contribution in [1.29, 1.82) is 0 Å². The number of rotatable bonds is 3. The summed E-state index contributed by atoms with van der Waals surface area (Å²) in [5.74, 6) is 0. The van der Waals surface area contributed by atoms with Gasteiger partial charge in [-0.05, 0) is 17.7 Å². The van der Waals surface area contributed by atoms with Crippen molar-refractivity contribution < 1.29 is 13.2 Å². The van der Waals surface area contributed by atoms with Crippen molar-refractivity contribution in [3.63, 3.8) is 0 Å². The molecule has 6 heteroatoms. The Hall–Kier alpha value is -2.14. The van der Waals surface area contributed by atoms with Gasteiger partial charge in [0.15, 0.2) is 5.17 Å². The molecule has 0 radical (unpaired) electrons. The first-order valence-electron chi connectivity index (χ1n) is 5.96. The fourth-order valence-electron chi connectivity index (χ4n) is 1.54. The summed E-state index contributed by atoms with van der Waals surface area (Å²) in [6.07, 6.45) is -2.86. The second-order valence-electron chi connectivity index (χ2n) is 4.12. The zero-order chi connectivity index (χ0) is 15.3. The molecule has 2 aromatic rings. The molecule has 0 atom stereocenters. The normalized spacial score (nSPS) is 12.9. The molecule has 0 fully saturated rings. The Kier molecular flexibility index (Phi) is 4.75. The van der Waals surface area contributed by atoms with Gasteiger partial charge in [0.05, 0.1) is 11.8 Å². The summed E-state index contributed by atoms with van der Waals surface area (Å²) < 4.78 is 37.3. The zero-order valence-corrected chi connectivity index (χ0v) is 11.4. The zero-order valence-electron chi connectivity index (χ0n) is 10.7. The van der Waals surface area contributed by atoms with Crippen molar-refractivity contribution in [2.45, 2.75) is 6.18 Å². The van der Waals surface area contributed by atoms with E-state index < -0.39 is 11.7 Å². The van der Waals surface area contributed by atoms with Crippen LogP contribution in [0.25, 0.3) is 0 Å². The van der Waals surface area contributed by atoms with Gasteiger partial charge >= 0.3 is 6.18 Å². The van der Waals surface area contributed by atoms with Gasteiger partial charge < -0.3 is 0 Å². The van der Waals surface area contributed by atoms with E-state index in [1.54, 1.807) is 0 Å². The van der Waals surface area contributed by atoms with Crippen molar-refractivity contribution in [3.8, 4) is 0 Å². The maximum Gasteiger partial charge on any atom is 0.416 e. The van der Waals surface area contributed by atoms with Gasteiger partial charge in [-0.1, -0.05) is 54.1 Å². The molecule has 0 N–H and O–H groups in total. The van der Waals surface area contributed by atoms with E-state index in [-0.39, 0.29) is 5.17 Å². The van der Waals surface area contributed by atoms with Gasteiger partial charge in [0.2, 0.25) is 0 Å². The molecule has 0 saturated heterocycles. The number of alkyl halides is 3. The summed E-state index contributed by atoms with van der Waals surface area (Å²) in [6.45, 7) is 0. The van der Waals surface area contributed by atoms with Gasteiger partial charge in [0, 0.05) is 5.56 Å². The Morgan fingerprint density at radius 1 is 0.952 bits per heavy atom. The van der Waals surface area contributed by atoms with Crippen LogP contribution in [-0.4, -0.2) is 11.4 Å². The van der Waals surface area contributed by atoms with E-state index in [0.717, 1.165) is 17.7 Å². The molecule has 0 aliphatic heterocycles. The third kappa shape index (κ3) is 4.43. The topological polar surface area (TPSA) is 24.7 Å². The third-order valence-corrected chi connectivity index (χ3v) is 2.90. The summed E-state index contributed by atoms with van der Waals surface area (Å²) in [5.41, 5.74) is 0.483. The number of hydrogen-bond acceptors (Lipinski definition) is 2. The van der Waals surface area contributed by atoms with Crippen LogP contribution in [-0.2, 0) is 6.18 Å². The second kappa shape index (κ2) is 6.54. The highest BCUT2D eigenvalue weighted by molar-refractivity contribution is 6.69. The molecule has 0 unspecified atom stereocenters. The van der Waals surface area contributed by atoms with Crippen LogP contribution in [0, 0.1) is 0 Å². The number of halogens is 4. The lowest BCUT2D eigenvalue weighted by Crippen LogP contribution is -2.04. The molecular weight excluding hydrogens is 301 g/mol. The summed E-state index contributed by atoms with van der Waals surface area (Å²) in [7, 11) is 0. The van der Waals surface area contributed by atoms with Crippen molar-refractivity contribution >= 4 is 23.0 Å². The highest BCUT2D eigenvalue weighted by atomic mass is 35.5. The molecule has 0 aromatic heterocycles. The largest absolute Gasteiger partial charge is 0.416 e. The molecular formula is C15H10ClF3N2. The molecule has 0 heterocycles. The average molecular weight is 311 g/mol. The highest BCUT2D eigenvalue weighted by Crippen LogP contribution is 2.29. The number of benzene rings is 2. The van der Waals surface area contributed by atoms with Crippen molar-refractivity contribution in [2.24, 2.45) is 10.2 Å². The van der Waals surface area contributed by atoms with E-state index >= 15 is 0 Å². The summed E-state index contributed by atoms with van der Waals surface area (Å²) >= 11 is 5.89. The van der Waals surface area contributed by atoms with Crippen LogP contribution in [0.3, 0.4) is 0 Å². The molecule has 2 aromatic carbocycles. The summed E-state index contributed by atoms with van der Waals surface area (Å²) in [6, 6.07) is 13.7. The van der Waals surface area contributed by atoms with Crippen LogP contribution in [0.4, 0.5) is 13.2 Å². The minimum absolute atomic E-state index is 0.0240. The Labute approximate surface area is 124 Å². The summed E-state index contributed by atoms with van der Waals surface area (Å²) in [4.78, 5) is 0. The molecule has 2 rings (SSSR count). The Bertz CT molecular complexity index is 647. The van der Waals surface area contributed by atoms with Gasteiger partial charge in [-0.25, -0.2) is 0 Å². The molecule has 0 bridgehead atoms. The maximum absolute atomic E-state index is 12.4. The predicted octanol–water partition coefficient (Wildman–Crippen LogP) is 4.72. The van der Waals surface area contributed by atoms with Gasteiger partial charge in [-0.15, -0.1) is 5.10 Å². The molecule has 2 nitrogen and oxygen atoms in total. The lowest BCUT2D eigenvalue weighted by molar-refractivity contribution is -0.137. The van der Waals surface area contributed by atoms with Crippen LogP contribution in [0.1, 0.15) is 16.7 Å². The monoisotopic (exact) mass is 310 g/mol. The second-order valence-corrected chi connectivity index (χ2v) is 4.48. The lowest BCUT2D eigenvalue weighted by Gasteiger charge is -2.06. The first kappa shape index (κ1) is 15.3. The fourth-order valence-corrected chi connectivity index (χ4v) is 1.71. The van der Waals surface area contributed by atoms with Crippen LogP contribution in [0.15, 0.2) is 64.8 Å². The smallest absolute Gasteiger partial charge is 0.166 e. The fraction of sp³-hybridized carbons (Fsp3) is 0.0667. The van der Waals surface area contributed by atoms with Gasteiger partial charge in [0.25, 0.3) is 0 Å². The Balaban J connectivity index is 2.11. The van der Waals surface area contributed by atoms with Gasteiger partial charge in [0.1, 0.15) is 0 Å². The molecule has 21 heavy (non-hydrogen) atoms. The Morgan fingerprint density at radius 2 is 1.57 bits per heavy atom. The van der Waals surface area contributed by atoms with Crippen LogP contribution in [0.2, 0.25) is 0 Å². The predicted molar refractivity (Wildman–Crippen MR) is 77.9 cm³/mol. The first-order valence-corrected chi connectivity index (χ1v) is 6.34. The minimum Gasteiger partial charge on any atom is -0.166 e. The maximum atomic E-state index is 12.4. The quantitative estimate of drug-likeness (QED) is 0.578. The molecule has 0 amide bonds. The van der Waals surface area contributed by atoms with E-state index in [2.05, 4.69) is 10.2 Å². The van der Waals surface area contributed by atoms with Crippen molar-refractivity contribution in [2.75, 3.05) is 0 Å². The van der Waals surface area contributed by atoms with Gasteiger partial charge in [-0.2, -0.15) is 18.3 Å². The van der Waals surface area contributed by atoms with Crippen LogP contribution < -0.4 is 0 Å². The molecule has 108 valence electrons. The van der Waals surface area contributed by atoms with E-state index in [1.807, 2.05) is 30.3 Å². The first-order chi connectivity index (χ1) is 9.97. The molecule has 0 saturated carbocycles. The van der Waals surface area contributed by atoms with E-state index in [0.29, 0.717) is 5.56 Å². The number of hydrogen-bond donors (Lipinski definition) is 0. The average Bonchev–Trinajstić information content (AvgIpc) is 2.47. The van der Waals surface area contributed by atoms with E-state index in [4.69, 9.17) is 11.6 Å². The summed E-state index contributed by atoms with van der Waals surface area (Å²) in [5, 5.41) is 7.57. The van der Waals surface area contributed by atoms with E-state index in [9.17, 15) is 13.2 Å². The number of nitrogens with zero attached hydrogens (tertiary/aromatic N) is 2. The van der Waals surface area contributed by atoms with Crippen LogP contribution >= 0.6 is 11.6 Å². The minimum atomic E-state index is -4.37. The molecule has 0 aliphatic carbocycles. The van der Waals surface area contributed by atoms with Crippen LogP contribution in [0.5, 0.6) is 0 Å². The SMILES string of the molecule is FC(F)(F)c1ccc(/C(Cl)=N/N=C/c2ccccc2)cc1. The van der Waals surface area contributed by atoms with E-state index in [1.165, 1.54) is 18.3 Å².